The maximum atomic E-state index is 12.9. The van der Waals surface area contributed by atoms with Gasteiger partial charge in [-0.2, -0.15) is 0 Å². The molecule has 0 unspecified atom stereocenters. The quantitative estimate of drug-likeness (QED) is 0.661. The number of hydrogen-bond acceptors (Lipinski definition) is 7. The minimum Gasteiger partial charge on any atom is -0.457 e. The molecule has 148 valence electrons. The van der Waals surface area contributed by atoms with Gasteiger partial charge in [0.1, 0.15) is 12.4 Å². The van der Waals surface area contributed by atoms with Gasteiger partial charge < -0.3 is 15.3 Å². The molecule has 1 heterocycles. The zero-order valence-electron chi connectivity index (χ0n) is 15.9. The molecule has 2 N–H and O–H groups in total. The van der Waals surface area contributed by atoms with Crippen molar-refractivity contribution in [1.29, 1.82) is 0 Å². The van der Waals surface area contributed by atoms with Gasteiger partial charge in [-0.05, 0) is 18.1 Å². The van der Waals surface area contributed by atoms with Crippen molar-refractivity contribution in [2.45, 2.75) is 20.5 Å². The van der Waals surface area contributed by atoms with E-state index in [0.717, 1.165) is 18.1 Å². The summed E-state index contributed by atoms with van der Waals surface area (Å²) in [7, 11) is 0. The highest BCUT2D eigenvalue weighted by Gasteiger charge is 2.25. The Bertz CT molecular complexity index is 1120. The number of carbonyl (C=O) groups is 2. The molecule has 0 radical (unpaired) electrons. The van der Waals surface area contributed by atoms with E-state index in [1.54, 1.807) is 49.4 Å². The Labute approximate surface area is 166 Å². The number of aryl methyl sites for hydroxylation is 1. The summed E-state index contributed by atoms with van der Waals surface area (Å²) < 4.78 is 5.86. The van der Waals surface area contributed by atoms with Crippen molar-refractivity contribution >= 4 is 17.8 Å². The number of nitrogen functional groups attached to an aromatic ring is 1. The third kappa shape index (κ3) is 4.32. The molecule has 0 saturated carbocycles. The van der Waals surface area contributed by atoms with Crippen LogP contribution in [0.2, 0.25) is 0 Å². The average molecular weight is 393 g/mol. The molecule has 3 aromatic rings. The van der Waals surface area contributed by atoms with Gasteiger partial charge in [0.25, 0.3) is 0 Å². The zero-order chi connectivity index (χ0) is 21.0. The first-order valence-corrected chi connectivity index (χ1v) is 8.77. The van der Waals surface area contributed by atoms with Gasteiger partial charge in [-0.3, -0.25) is 4.79 Å². The summed E-state index contributed by atoms with van der Waals surface area (Å²) >= 11 is 0. The highest BCUT2D eigenvalue weighted by atomic mass is 16.7. The first kappa shape index (κ1) is 19.8. The number of anilines is 1. The minimum atomic E-state index is -0.957. The molecule has 1 aromatic heterocycles. The average Bonchev–Trinajstić information content (AvgIpc) is 2.69. The molecule has 8 nitrogen and oxygen atoms in total. The van der Waals surface area contributed by atoms with Crippen LogP contribution in [0.4, 0.5) is 5.82 Å². The van der Waals surface area contributed by atoms with E-state index in [2.05, 4.69) is 4.98 Å². The normalized spacial score (nSPS) is 10.4. The molecule has 29 heavy (non-hydrogen) atoms. The monoisotopic (exact) mass is 393 g/mol. The Morgan fingerprint density at radius 2 is 1.72 bits per heavy atom. The van der Waals surface area contributed by atoms with Gasteiger partial charge in [0, 0.05) is 12.5 Å². The fraction of sp³-hybridized carbons (Fsp3) is 0.143. The number of esters is 1. The summed E-state index contributed by atoms with van der Waals surface area (Å²) in [6.45, 7) is 2.89. The van der Waals surface area contributed by atoms with Crippen molar-refractivity contribution in [1.82, 2.24) is 9.71 Å². The van der Waals surface area contributed by atoms with Gasteiger partial charge in [-0.25, -0.2) is 14.6 Å². The zero-order valence-corrected chi connectivity index (χ0v) is 15.9. The maximum absolute atomic E-state index is 12.9. The van der Waals surface area contributed by atoms with Crippen LogP contribution in [-0.2, 0) is 16.1 Å². The molecule has 0 amide bonds. The molecule has 3 rings (SSSR count). The van der Waals surface area contributed by atoms with Gasteiger partial charge in [0.15, 0.2) is 11.4 Å². The second-order valence-corrected chi connectivity index (χ2v) is 6.25. The van der Waals surface area contributed by atoms with Crippen LogP contribution in [0.25, 0.3) is 11.4 Å². The highest BCUT2D eigenvalue weighted by Crippen LogP contribution is 2.22. The standard InChI is InChI=1S/C21H19N3O5/c1-13-8-6-7-11-16(13)19-23-18(22)17(20(26)24(19)29-14(2)25)21(27)28-12-15-9-4-3-5-10-15/h3-11H,12,22H2,1-2H3. The van der Waals surface area contributed by atoms with Crippen LogP contribution >= 0.6 is 0 Å². The molecule has 0 saturated heterocycles. The number of carbonyl (C=O) groups excluding carboxylic acids is 2. The summed E-state index contributed by atoms with van der Waals surface area (Å²) in [5.74, 6) is -2.01. The van der Waals surface area contributed by atoms with Gasteiger partial charge in [-0.1, -0.05) is 54.6 Å². The number of benzene rings is 2. The molecule has 0 bridgehead atoms. The number of nitrogens with two attached hydrogens (primary N) is 1. The Morgan fingerprint density at radius 3 is 2.38 bits per heavy atom. The fourth-order valence-corrected chi connectivity index (χ4v) is 2.72. The van der Waals surface area contributed by atoms with E-state index in [-0.39, 0.29) is 18.2 Å². The largest absolute Gasteiger partial charge is 0.457 e. The Kier molecular flexibility index (Phi) is 5.73. The van der Waals surface area contributed by atoms with E-state index in [4.69, 9.17) is 15.3 Å². The Morgan fingerprint density at radius 1 is 1.07 bits per heavy atom. The second-order valence-electron chi connectivity index (χ2n) is 6.25. The lowest BCUT2D eigenvalue weighted by Crippen LogP contribution is -2.36. The van der Waals surface area contributed by atoms with Crippen molar-refractivity contribution in [3.8, 4) is 11.4 Å². The number of aromatic nitrogens is 2. The SMILES string of the molecule is CC(=O)On1c(-c2ccccc2C)nc(N)c(C(=O)OCc2ccccc2)c1=O. The van der Waals surface area contributed by atoms with E-state index in [0.29, 0.717) is 10.3 Å². The molecule has 8 heteroatoms. The summed E-state index contributed by atoms with van der Waals surface area (Å²) in [5.41, 5.74) is 6.53. The lowest BCUT2D eigenvalue weighted by Gasteiger charge is -2.15. The number of nitrogens with zero attached hydrogens (tertiary/aromatic N) is 2. The first-order valence-electron chi connectivity index (χ1n) is 8.77. The molecule has 2 aromatic carbocycles. The number of rotatable bonds is 5. The second kappa shape index (κ2) is 8.39. The van der Waals surface area contributed by atoms with E-state index >= 15 is 0 Å². The Hall–Kier alpha value is -3.94. The van der Waals surface area contributed by atoms with Crippen LogP contribution in [0.5, 0.6) is 0 Å². The Balaban J connectivity index is 2.05. The summed E-state index contributed by atoms with van der Waals surface area (Å²) in [5, 5.41) is 0. The van der Waals surface area contributed by atoms with Gasteiger partial charge >= 0.3 is 17.5 Å². The highest BCUT2D eigenvalue weighted by molar-refractivity contribution is 5.94. The third-order valence-electron chi connectivity index (χ3n) is 4.10. The van der Waals surface area contributed by atoms with Crippen molar-refractivity contribution in [3.05, 3.63) is 81.6 Å². The van der Waals surface area contributed by atoms with Crippen molar-refractivity contribution in [3.63, 3.8) is 0 Å². The van der Waals surface area contributed by atoms with Crippen LogP contribution in [0.1, 0.15) is 28.4 Å². The molecule has 0 aliphatic rings. The molecular weight excluding hydrogens is 374 g/mol. The van der Waals surface area contributed by atoms with Gasteiger partial charge in [0.2, 0.25) is 0 Å². The van der Waals surface area contributed by atoms with E-state index in [9.17, 15) is 14.4 Å². The summed E-state index contributed by atoms with van der Waals surface area (Å²) in [6.07, 6.45) is 0. The van der Waals surface area contributed by atoms with E-state index in [1.807, 2.05) is 12.1 Å². The maximum Gasteiger partial charge on any atom is 0.348 e. The lowest BCUT2D eigenvalue weighted by atomic mass is 10.1. The predicted octanol–water partition coefficient (Wildman–Crippen LogP) is 2.13. The molecule has 0 fully saturated rings. The summed E-state index contributed by atoms with van der Waals surface area (Å²) in [4.78, 5) is 46.2. The van der Waals surface area contributed by atoms with Gasteiger partial charge in [0.05, 0.1) is 0 Å². The molecule has 0 aliphatic heterocycles. The van der Waals surface area contributed by atoms with E-state index < -0.39 is 23.1 Å². The molecule has 0 atom stereocenters. The van der Waals surface area contributed by atoms with Crippen LogP contribution in [0, 0.1) is 6.92 Å². The number of hydrogen-bond donors (Lipinski definition) is 1. The van der Waals surface area contributed by atoms with Crippen LogP contribution in [-0.4, -0.2) is 21.7 Å². The van der Waals surface area contributed by atoms with E-state index in [1.165, 1.54) is 0 Å². The molecule has 0 aliphatic carbocycles. The number of ether oxygens (including phenoxy) is 1. The van der Waals surface area contributed by atoms with Crippen molar-refractivity contribution < 1.29 is 19.2 Å². The summed E-state index contributed by atoms with van der Waals surface area (Å²) in [6, 6.07) is 16.0. The van der Waals surface area contributed by atoms with Crippen LogP contribution in [0.3, 0.4) is 0 Å². The van der Waals surface area contributed by atoms with Crippen molar-refractivity contribution in [2.24, 2.45) is 0 Å². The topological polar surface area (TPSA) is 114 Å². The molecule has 0 spiro atoms. The van der Waals surface area contributed by atoms with Crippen LogP contribution in [0.15, 0.2) is 59.4 Å². The lowest BCUT2D eigenvalue weighted by molar-refractivity contribution is -0.141. The molecular formula is C21H19N3O5. The van der Waals surface area contributed by atoms with Crippen molar-refractivity contribution in [2.75, 3.05) is 5.73 Å². The first-order chi connectivity index (χ1) is 13.9. The van der Waals surface area contributed by atoms with Gasteiger partial charge in [-0.15, -0.1) is 4.73 Å². The van der Waals surface area contributed by atoms with Crippen LogP contribution < -0.4 is 16.1 Å². The smallest absolute Gasteiger partial charge is 0.348 e. The third-order valence-corrected chi connectivity index (χ3v) is 4.10. The fourth-order valence-electron chi connectivity index (χ4n) is 2.72. The minimum absolute atomic E-state index is 0.0143. The predicted molar refractivity (Wildman–Crippen MR) is 106 cm³/mol.